The van der Waals surface area contributed by atoms with Gasteiger partial charge < -0.3 is 10.2 Å². The quantitative estimate of drug-likeness (QED) is 0.835. The predicted octanol–water partition coefficient (Wildman–Crippen LogP) is 1.74. The molecule has 0 aromatic heterocycles. The fraction of sp³-hybridized carbons (Fsp3) is 0.571. The van der Waals surface area contributed by atoms with E-state index >= 15 is 0 Å². The van der Waals surface area contributed by atoms with Crippen molar-refractivity contribution in [2.24, 2.45) is 0 Å². The summed E-state index contributed by atoms with van der Waals surface area (Å²) in [5, 5.41) is 4.32. The second-order valence-corrected chi connectivity index (χ2v) is 5.71. The number of hydrogen-bond donors (Lipinski definition) is 1. The van der Waals surface area contributed by atoms with E-state index in [-0.39, 0.29) is 0 Å². The Bertz CT molecular complexity index is 435. The van der Waals surface area contributed by atoms with Crippen LogP contribution in [-0.4, -0.2) is 50.2 Å². The molecular weight excluding hydrogens is 246 g/mol. The summed E-state index contributed by atoms with van der Waals surface area (Å²) < 4.78 is 0. The molecule has 0 amide bonds. The van der Waals surface area contributed by atoms with Crippen LogP contribution in [0.4, 0.5) is 5.69 Å². The van der Waals surface area contributed by atoms with Gasteiger partial charge in [-0.25, -0.2) is 0 Å². The molecule has 0 aliphatic carbocycles. The molecule has 2 fully saturated rings. The Morgan fingerprint density at radius 3 is 3.00 bits per heavy atom. The molecule has 0 radical (unpaired) electrons. The van der Waals surface area contributed by atoms with E-state index in [1.165, 1.54) is 24.3 Å². The number of piperazine rings is 2. The van der Waals surface area contributed by atoms with Gasteiger partial charge in [0, 0.05) is 56.0 Å². The van der Waals surface area contributed by atoms with E-state index in [0.29, 0.717) is 6.04 Å². The molecule has 2 aliphatic heterocycles. The van der Waals surface area contributed by atoms with Crippen molar-refractivity contribution in [2.75, 3.05) is 44.2 Å². The van der Waals surface area contributed by atoms with Crippen molar-refractivity contribution in [3.05, 3.63) is 28.8 Å². The van der Waals surface area contributed by atoms with Crippen molar-refractivity contribution < 1.29 is 0 Å². The summed E-state index contributed by atoms with van der Waals surface area (Å²) in [6, 6.07) is 6.86. The van der Waals surface area contributed by atoms with Gasteiger partial charge in [0.15, 0.2) is 0 Å². The summed E-state index contributed by atoms with van der Waals surface area (Å²) in [6.45, 7) is 9.01. The largest absolute Gasteiger partial charge is 0.368 e. The van der Waals surface area contributed by atoms with Gasteiger partial charge in [-0.3, -0.25) is 4.90 Å². The fourth-order valence-electron chi connectivity index (χ4n) is 3.06. The highest BCUT2D eigenvalue weighted by molar-refractivity contribution is 6.30. The normalized spacial score (nSPS) is 25.0. The van der Waals surface area contributed by atoms with Gasteiger partial charge in [0.05, 0.1) is 0 Å². The van der Waals surface area contributed by atoms with E-state index in [9.17, 15) is 0 Å². The molecule has 0 spiro atoms. The monoisotopic (exact) mass is 265 g/mol. The van der Waals surface area contributed by atoms with E-state index in [2.05, 4.69) is 34.2 Å². The van der Waals surface area contributed by atoms with E-state index < -0.39 is 0 Å². The summed E-state index contributed by atoms with van der Waals surface area (Å²) in [5.74, 6) is 0. The van der Waals surface area contributed by atoms with Crippen molar-refractivity contribution >= 4 is 17.3 Å². The number of hydrogen-bond acceptors (Lipinski definition) is 3. The average molecular weight is 266 g/mol. The standard InChI is InChI=1S/C14H20ClN3/c1-11-8-12(15)2-3-14(11)18-7-6-17-5-4-16-9-13(17)10-18/h2-3,8,13,16H,4-7,9-10H2,1H3. The lowest BCUT2D eigenvalue weighted by Crippen LogP contribution is -2.61. The zero-order valence-corrected chi connectivity index (χ0v) is 11.6. The lowest BCUT2D eigenvalue weighted by Gasteiger charge is -2.45. The highest BCUT2D eigenvalue weighted by Crippen LogP contribution is 2.26. The van der Waals surface area contributed by atoms with Crippen LogP contribution < -0.4 is 10.2 Å². The molecule has 1 atom stereocenters. The van der Waals surface area contributed by atoms with E-state index in [0.717, 1.165) is 31.2 Å². The summed E-state index contributed by atoms with van der Waals surface area (Å²) in [5.41, 5.74) is 2.62. The molecule has 1 aromatic rings. The maximum Gasteiger partial charge on any atom is 0.0410 e. The first-order chi connectivity index (χ1) is 8.74. The Morgan fingerprint density at radius 2 is 2.17 bits per heavy atom. The smallest absolute Gasteiger partial charge is 0.0410 e. The Kier molecular flexibility index (Phi) is 3.46. The minimum Gasteiger partial charge on any atom is -0.368 e. The van der Waals surface area contributed by atoms with Crippen LogP contribution in [0.5, 0.6) is 0 Å². The Morgan fingerprint density at radius 1 is 1.28 bits per heavy atom. The molecule has 3 rings (SSSR count). The molecule has 3 nitrogen and oxygen atoms in total. The Hall–Kier alpha value is -0.770. The first-order valence-corrected chi connectivity index (χ1v) is 7.08. The van der Waals surface area contributed by atoms with Gasteiger partial charge in [-0.05, 0) is 30.7 Å². The summed E-state index contributed by atoms with van der Waals surface area (Å²) >= 11 is 6.03. The first-order valence-electron chi connectivity index (χ1n) is 6.70. The summed E-state index contributed by atoms with van der Waals surface area (Å²) in [6.07, 6.45) is 0. The van der Waals surface area contributed by atoms with Crippen LogP contribution in [0.2, 0.25) is 5.02 Å². The van der Waals surface area contributed by atoms with Crippen LogP contribution in [0.25, 0.3) is 0 Å². The summed E-state index contributed by atoms with van der Waals surface area (Å²) in [7, 11) is 0. The molecule has 4 heteroatoms. The average Bonchev–Trinajstić information content (AvgIpc) is 2.38. The van der Waals surface area contributed by atoms with E-state index in [1.54, 1.807) is 0 Å². The van der Waals surface area contributed by atoms with Crippen molar-refractivity contribution in [1.29, 1.82) is 0 Å². The molecular formula is C14H20ClN3. The highest BCUT2D eigenvalue weighted by atomic mass is 35.5. The topological polar surface area (TPSA) is 18.5 Å². The maximum absolute atomic E-state index is 6.03. The van der Waals surface area contributed by atoms with Crippen LogP contribution in [0.3, 0.4) is 0 Å². The molecule has 2 saturated heterocycles. The number of nitrogens with zero attached hydrogens (tertiary/aromatic N) is 2. The lowest BCUT2D eigenvalue weighted by molar-refractivity contribution is 0.146. The van der Waals surface area contributed by atoms with Crippen LogP contribution >= 0.6 is 11.6 Å². The van der Waals surface area contributed by atoms with Gasteiger partial charge in [0.2, 0.25) is 0 Å². The molecule has 1 N–H and O–H groups in total. The lowest BCUT2D eigenvalue weighted by atomic mass is 10.1. The van der Waals surface area contributed by atoms with Crippen LogP contribution in [0.15, 0.2) is 18.2 Å². The number of benzene rings is 1. The second-order valence-electron chi connectivity index (χ2n) is 5.27. The molecule has 1 unspecified atom stereocenters. The maximum atomic E-state index is 6.03. The van der Waals surface area contributed by atoms with Gasteiger partial charge >= 0.3 is 0 Å². The van der Waals surface area contributed by atoms with Crippen LogP contribution in [-0.2, 0) is 0 Å². The van der Waals surface area contributed by atoms with Crippen LogP contribution in [0, 0.1) is 6.92 Å². The third-order valence-corrected chi connectivity index (χ3v) is 4.30. The van der Waals surface area contributed by atoms with Gasteiger partial charge in [-0.2, -0.15) is 0 Å². The SMILES string of the molecule is Cc1cc(Cl)ccc1N1CCN2CCNCC2C1. The third kappa shape index (κ3) is 2.35. The number of aryl methyl sites for hydroxylation is 1. The number of rotatable bonds is 1. The van der Waals surface area contributed by atoms with Gasteiger partial charge in [0.1, 0.15) is 0 Å². The first kappa shape index (κ1) is 12.3. The van der Waals surface area contributed by atoms with Gasteiger partial charge in [0.25, 0.3) is 0 Å². The zero-order chi connectivity index (χ0) is 12.5. The molecule has 2 aliphatic rings. The number of halogens is 1. The van der Waals surface area contributed by atoms with Crippen molar-refractivity contribution in [3.8, 4) is 0 Å². The molecule has 18 heavy (non-hydrogen) atoms. The van der Waals surface area contributed by atoms with Gasteiger partial charge in [-0.15, -0.1) is 0 Å². The number of anilines is 1. The molecule has 1 aromatic carbocycles. The predicted molar refractivity (Wildman–Crippen MR) is 76.6 cm³/mol. The molecule has 0 bridgehead atoms. The van der Waals surface area contributed by atoms with Gasteiger partial charge in [-0.1, -0.05) is 11.6 Å². The Balaban J connectivity index is 1.77. The molecule has 98 valence electrons. The van der Waals surface area contributed by atoms with Crippen molar-refractivity contribution in [3.63, 3.8) is 0 Å². The second kappa shape index (κ2) is 5.08. The number of fused-ring (bicyclic) bond motifs is 1. The van der Waals surface area contributed by atoms with Crippen molar-refractivity contribution in [1.82, 2.24) is 10.2 Å². The summed E-state index contributed by atoms with van der Waals surface area (Å²) in [4.78, 5) is 5.11. The Labute approximate surface area is 114 Å². The van der Waals surface area contributed by atoms with E-state index in [1.807, 2.05) is 6.07 Å². The minimum absolute atomic E-state index is 0.655. The zero-order valence-electron chi connectivity index (χ0n) is 10.8. The van der Waals surface area contributed by atoms with Crippen molar-refractivity contribution in [2.45, 2.75) is 13.0 Å². The highest BCUT2D eigenvalue weighted by Gasteiger charge is 2.29. The third-order valence-electron chi connectivity index (χ3n) is 4.06. The van der Waals surface area contributed by atoms with Crippen LogP contribution in [0.1, 0.15) is 5.56 Å². The minimum atomic E-state index is 0.655. The number of nitrogens with one attached hydrogen (secondary N) is 1. The molecule has 2 heterocycles. The fourth-order valence-corrected chi connectivity index (χ4v) is 3.29. The van der Waals surface area contributed by atoms with E-state index in [4.69, 9.17) is 11.6 Å². The molecule has 0 saturated carbocycles.